The number of hydrogen-bond acceptors (Lipinski definition) is 8. The Morgan fingerprint density at radius 2 is 1.87 bits per heavy atom. The largest absolute Gasteiger partial charge is 0.416 e. The predicted molar refractivity (Wildman–Crippen MR) is 107 cm³/mol. The highest BCUT2D eigenvalue weighted by atomic mass is 32.2. The minimum Gasteiger partial charge on any atom is -0.368 e. The summed E-state index contributed by atoms with van der Waals surface area (Å²) in [6, 6.07) is 3.35. The van der Waals surface area contributed by atoms with Crippen molar-refractivity contribution in [2.45, 2.75) is 23.9 Å². The molecule has 0 saturated carbocycles. The molecule has 1 heterocycles. The Kier molecular flexibility index (Phi) is 7.73. The van der Waals surface area contributed by atoms with E-state index in [1.54, 1.807) is 19.0 Å². The van der Waals surface area contributed by atoms with Crippen molar-refractivity contribution < 1.29 is 26.4 Å². The molecule has 0 aliphatic rings. The first-order valence-electron chi connectivity index (χ1n) is 9.00. The zero-order valence-electron chi connectivity index (χ0n) is 16.8. The number of hydrogen-bond donors (Lipinski definition) is 3. The van der Waals surface area contributed by atoms with Crippen LogP contribution in [0.2, 0.25) is 0 Å². The molecule has 0 bridgehead atoms. The number of rotatable bonds is 9. The molecular weight excluding hydrogens is 439 g/mol. The number of nitrogen functional groups attached to an aromatic ring is 1. The van der Waals surface area contributed by atoms with Crippen LogP contribution >= 0.6 is 0 Å². The topological polar surface area (TPSA) is 143 Å². The fraction of sp³-hybridized carbons (Fsp3) is 0.412. The van der Waals surface area contributed by atoms with Gasteiger partial charge in [0.15, 0.2) is 0 Å². The van der Waals surface area contributed by atoms with Gasteiger partial charge in [0.2, 0.25) is 27.8 Å². The molecule has 31 heavy (non-hydrogen) atoms. The molecule has 14 heteroatoms. The number of carbonyl (C=O) groups excluding carboxylic acids is 1. The third-order valence-electron chi connectivity index (χ3n) is 3.87. The fourth-order valence-corrected chi connectivity index (χ4v) is 3.44. The monoisotopic (exact) mass is 461 g/mol. The highest BCUT2D eigenvalue weighted by Gasteiger charge is 2.31. The van der Waals surface area contributed by atoms with Gasteiger partial charge in [-0.05, 0) is 18.2 Å². The lowest BCUT2D eigenvalue weighted by Gasteiger charge is -2.12. The first-order valence-corrected chi connectivity index (χ1v) is 10.5. The summed E-state index contributed by atoms with van der Waals surface area (Å²) in [5.74, 6) is 0.338. The highest BCUT2D eigenvalue weighted by molar-refractivity contribution is 7.89. The van der Waals surface area contributed by atoms with Crippen molar-refractivity contribution in [1.29, 1.82) is 0 Å². The molecule has 0 spiro atoms. The van der Waals surface area contributed by atoms with Crippen LogP contribution in [0.25, 0.3) is 0 Å². The number of anilines is 2. The van der Waals surface area contributed by atoms with Crippen LogP contribution in [0, 0.1) is 0 Å². The van der Waals surface area contributed by atoms with Crippen LogP contribution in [0.15, 0.2) is 29.2 Å². The second kappa shape index (κ2) is 9.87. The third-order valence-corrected chi connectivity index (χ3v) is 5.33. The van der Waals surface area contributed by atoms with Crippen molar-refractivity contribution in [3.63, 3.8) is 0 Å². The summed E-state index contributed by atoms with van der Waals surface area (Å²) in [6.07, 6.45) is -4.60. The Balaban J connectivity index is 1.83. The van der Waals surface area contributed by atoms with E-state index >= 15 is 0 Å². The molecule has 2 rings (SSSR count). The van der Waals surface area contributed by atoms with Crippen molar-refractivity contribution in [3.8, 4) is 0 Å². The van der Waals surface area contributed by atoms with Crippen molar-refractivity contribution >= 4 is 27.8 Å². The average Bonchev–Trinajstić information content (AvgIpc) is 2.67. The molecule has 1 aromatic carbocycles. The van der Waals surface area contributed by atoms with Gasteiger partial charge < -0.3 is 16.0 Å². The Bertz CT molecular complexity index is 1030. The van der Waals surface area contributed by atoms with Crippen molar-refractivity contribution in [3.05, 3.63) is 35.7 Å². The number of carbonyl (C=O) groups is 1. The SMILES string of the molecule is CN(C)c1nc(N)nc(CCNC(=O)CCNS(=O)(=O)c2cccc(C(F)(F)F)c2)n1. The van der Waals surface area contributed by atoms with Crippen LogP contribution in [0.1, 0.15) is 17.8 Å². The number of aromatic nitrogens is 3. The van der Waals surface area contributed by atoms with E-state index in [1.807, 2.05) is 0 Å². The summed E-state index contributed by atoms with van der Waals surface area (Å²) in [5, 5.41) is 2.58. The maximum absolute atomic E-state index is 12.7. The highest BCUT2D eigenvalue weighted by Crippen LogP contribution is 2.30. The van der Waals surface area contributed by atoms with E-state index in [9.17, 15) is 26.4 Å². The van der Waals surface area contributed by atoms with Gasteiger partial charge in [0, 0.05) is 40.0 Å². The second-order valence-electron chi connectivity index (χ2n) is 6.58. The van der Waals surface area contributed by atoms with E-state index in [-0.39, 0.29) is 31.9 Å². The maximum atomic E-state index is 12.7. The van der Waals surface area contributed by atoms with E-state index in [1.165, 1.54) is 0 Å². The number of amides is 1. The lowest BCUT2D eigenvalue weighted by molar-refractivity contribution is -0.137. The molecule has 0 radical (unpaired) electrons. The molecule has 2 aromatic rings. The van der Waals surface area contributed by atoms with Crippen molar-refractivity contribution in [2.24, 2.45) is 0 Å². The molecule has 0 aliphatic carbocycles. The van der Waals surface area contributed by atoms with Gasteiger partial charge in [-0.2, -0.15) is 28.1 Å². The van der Waals surface area contributed by atoms with Crippen molar-refractivity contribution in [1.82, 2.24) is 25.0 Å². The van der Waals surface area contributed by atoms with Crippen LogP contribution in [0.3, 0.4) is 0 Å². The minimum absolute atomic E-state index is 0.0454. The number of sulfonamides is 1. The van der Waals surface area contributed by atoms with Crippen LogP contribution in [-0.4, -0.2) is 56.5 Å². The Morgan fingerprint density at radius 3 is 2.52 bits per heavy atom. The maximum Gasteiger partial charge on any atom is 0.416 e. The summed E-state index contributed by atoms with van der Waals surface area (Å²) in [5.41, 5.74) is 4.53. The molecule has 0 aliphatic heterocycles. The van der Waals surface area contributed by atoms with Crippen LogP contribution in [0.5, 0.6) is 0 Å². The van der Waals surface area contributed by atoms with Gasteiger partial charge in [0.1, 0.15) is 5.82 Å². The molecule has 170 valence electrons. The van der Waals surface area contributed by atoms with Crippen LogP contribution in [0.4, 0.5) is 25.1 Å². The van der Waals surface area contributed by atoms with Crippen LogP contribution < -0.4 is 20.7 Å². The zero-order valence-corrected chi connectivity index (χ0v) is 17.6. The lowest BCUT2D eigenvalue weighted by atomic mass is 10.2. The second-order valence-corrected chi connectivity index (χ2v) is 8.34. The van der Waals surface area contributed by atoms with Gasteiger partial charge in [-0.15, -0.1) is 0 Å². The van der Waals surface area contributed by atoms with Gasteiger partial charge in [-0.25, -0.2) is 13.1 Å². The molecule has 4 N–H and O–H groups in total. The number of alkyl halides is 3. The van der Waals surface area contributed by atoms with E-state index in [4.69, 9.17) is 5.73 Å². The Hall–Kier alpha value is -3.00. The molecular formula is C17H22F3N7O3S. The van der Waals surface area contributed by atoms with Crippen molar-refractivity contribution in [2.75, 3.05) is 37.8 Å². The van der Waals surface area contributed by atoms with Gasteiger partial charge in [-0.3, -0.25) is 4.79 Å². The van der Waals surface area contributed by atoms with Gasteiger partial charge >= 0.3 is 6.18 Å². The minimum atomic E-state index is -4.66. The average molecular weight is 461 g/mol. The number of nitrogens with zero attached hydrogens (tertiary/aromatic N) is 4. The molecule has 10 nitrogen and oxygen atoms in total. The quantitative estimate of drug-likeness (QED) is 0.492. The first kappa shape index (κ1) is 24.3. The lowest BCUT2D eigenvalue weighted by Crippen LogP contribution is -2.32. The summed E-state index contributed by atoms with van der Waals surface area (Å²) >= 11 is 0. The third kappa shape index (κ3) is 7.32. The summed E-state index contributed by atoms with van der Waals surface area (Å²) < 4.78 is 64.7. The molecule has 1 aromatic heterocycles. The molecule has 0 fully saturated rings. The number of nitrogens with one attached hydrogen (secondary N) is 2. The van der Waals surface area contributed by atoms with Gasteiger partial charge in [0.25, 0.3) is 0 Å². The summed E-state index contributed by atoms with van der Waals surface area (Å²) in [6.45, 7) is -0.108. The van der Waals surface area contributed by atoms with Gasteiger partial charge in [0.05, 0.1) is 10.5 Å². The first-order chi connectivity index (χ1) is 14.4. The van der Waals surface area contributed by atoms with Gasteiger partial charge in [-0.1, -0.05) is 6.07 Å². The summed E-state index contributed by atoms with van der Waals surface area (Å²) in [4.78, 5) is 25.1. The number of halogens is 3. The standard InChI is InChI=1S/C17H22F3N7O3S/c1-27(2)16-25-13(24-15(21)26-16)6-8-22-14(28)7-9-23-31(29,30)12-5-3-4-11(10-12)17(18,19)20/h3-5,10,23H,6-9H2,1-2H3,(H,22,28)(H2,21,24,25,26). The number of benzene rings is 1. The predicted octanol–water partition coefficient (Wildman–Crippen LogP) is 0.566. The fourth-order valence-electron chi connectivity index (χ4n) is 2.36. The smallest absolute Gasteiger partial charge is 0.368 e. The molecule has 1 amide bonds. The van der Waals surface area contributed by atoms with Crippen LogP contribution in [-0.2, 0) is 27.4 Å². The number of nitrogens with two attached hydrogens (primary N) is 1. The van der Waals surface area contributed by atoms with E-state index in [0.717, 1.165) is 18.2 Å². The molecule has 0 unspecified atom stereocenters. The van der Waals surface area contributed by atoms with E-state index in [0.29, 0.717) is 17.8 Å². The summed E-state index contributed by atoms with van der Waals surface area (Å²) in [7, 11) is -0.722. The normalized spacial score (nSPS) is 11.9. The zero-order chi connectivity index (χ0) is 23.2. The molecule has 0 saturated heterocycles. The Morgan fingerprint density at radius 1 is 1.16 bits per heavy atom. The van der Waals surface area contributed by atoms with E-state index < -0.39 is 32.6 Å². The Labute approximate surface area is 177 Å². The molecule has 0 atom stereocenters. The van der Waals surface area contributed by atoms with E-state index in [2.05, 4.69) is 25.0 Å².